The quantitative estimate of drug-likeness (QED) is 0.795. The Kier molecular flexibility index (Phi) is 6.66. The van der Waals surface area contributed by atoms with Crippen molar-refractivity contribution in [2.75, 3.05) is 19.7 Å². The SMILES string of the molecule is O=C(CCCOc1ccccc1)NC1CCN(C(=O)C(F)(F)F)CC1. The summed E-state index contributed by atoms with van der Waals surface area (Å²) in [6.07, 6.45) is -3.35. The molecule has 0 radical (unpaired) electrons. The molecule has 0 bridgehead atoms. The maximum atomic E-state index is 12.4. The van der Waals surface area contributed by atoms with E-state index in [0.29, 0.717) is 25.9 Å². The summed E-state index contributed by atoms with van der Waals surface area (Å²) in [5, 5.41) is 2.80. The van der Waals surface area contributed by atoms with Crippen LogP contribution in [0.4, 0.5) is 13.2 Å². The third-order valence-electron chi connectivity index (χ3n) is 3.95. The zero-order valence-corrected chi connectivity index (χ0v) is 13.7. The minimum absolute atomic E-state index is 0.000405. The van der Waals surface area contributed by atoms with Gasteiger partial charge in [-0.05, 0) is 31.4 Å². The first-order valence-corrected chi connectivity index (χ1v) is 8.19. The van der Waals surface area contributed by atoms with E-state index >= 15 is 0 Å². The van der Waals surface area contributed by atoms with Gasteiger partial charge < -0.3 is 15.0 Å². The first-order valence-electron chi connectivity index (χ1n) is 8.19. The van der Waals surface area contributed by atoms with E-state index in [0.717, 1.165) is 10.6 Å². The number of halogens is 3. The fourth-order valence-corrected chi connectivity index (χ4v) is 2.65. The first-order chi connectivity index (χ1) is 11.9. The molecule has 1 aliphatic rings. The number of carbonyl (C=O) groups excluding carboxylic acids is 2. The molecule has 0 unspecified atom stereocenters. The van der Waals surface area contributed by atoms with Gasteiger partial charge in [-0.1, -0.05) is 18.2 Å². The summed E-state index contributed by atoms with van der Waals surface area (Å²) in [7, 11) is 0. The zero-order chi connectivity index (χ0) is 18.3. The van der Waals surface area contributed by atoms with Crippen molar-refractivity contribution in [3.63, 3.8) is 0 Å². The molecule has 0 atom stereocenters. The number of nitrogens with zero attached hydrogens (tertiary/aromatic N) is 1. The molecule has 0 saturated carbocycles. The van der Waals surface area contributed by atoms with Crippen LogP contribution in [0.25, 0.3) is 0 Å². The number of benzene rings is 1. The van der Waals surface area contributed by atoms with Crippen molar-refractivity contribution in [2.24, 2.45) is 0 Å². The number of likely N-dealkylation sites (tertiary alicyclic amines) is 1. The van der Waals surface area contributed by atoms with E-state index in [2.05, 4.69) is 5.32 Å². The van der Waals surface area contributed by atoms with Crippen LogP contribution in [-0.2, 0) is 9.59 Å². The van der Waals surface area contributed by atoms with Gasteiger partial charge in [-0.15, -0.1) is 0 Å². The Morgan fingerprint density at radius 1 is 1.16 bits per heavy atom. The topological polar surface area (TPSA) is 58.6 Å². The van der Waals surface area contributed by atoms with Gasteiger partial charge in [0.1, 0.15) is 5.75 Å². The molecule has 25 heavy (non-hydrogen) atoms. The molecule has 1 aromatic rings. The second-order valence-corrected chi connectivity index (χ2v) is 5.90. The highest BCUT2D eigenvalue weighted by atomic mass is 19.4. The number of nitrogens with one attached hydrogen (secondary N) is 1. The Balaban J connectivity index is 1.61. The van der Waals surface area contributed by atoms with Gasteiger partial charge in [-0.25, -0.2) is 0 Å². The van der Waals surface area contributed by atoms with E-state index in [4.69, 9.17) is 4.74 Å². The van der Waals surface area contributed by atoms with E-state index in [9.17, 15) is 22.8 Å². The van der Waals surface area contributed by atoms with Crippen LogP contribution < -0.4 is 10.1 Å². The average molecular weight is 358 g/mol. The van der Waals surface area contributed by atoms with Crippen molar-refractivity contribution < 1.29 is 27.5 Å². The Hall–Kier alpha value is -2.25. The third kappa shape index (κ3) is 6.28. The fourth-order valence-electron chi connectivity index (χ4n) is 2.65. The minimum atomic E-state index is -4.84. The van der Waals surface area contributed by atoms with Crippen molar-refractivity contribution in [3.8, 4) is 5.75 Å². The molecule has 8 heteroatoms. The van der Waals surface area contributed by atoms with Gasteiger partial charge in [-0.2, -0.15) is 13.2 Å². The van der Waals surface area contributed by atoms with Gasteiger partial charge in [0.15, 0.2) is 0 Å². The third-order valence-corrected chi connectivity index (χ3v) is 3.95. The maximum absolute atomic E-state index is 12.4. The first kappa shape index (κ1) is 19.1. The lowest BCUT2D eigenvalue weighted by molar-refractivity contribution is -0.186. The van der Waals surface area contributed by atoms with Gasteiger partial charge >= 0.3 is 12.1 Å². The fraction of sp³-hybridized carbons (Fsp3) is 0.529. The van der Waals surface area contributed by atoms with E-state index in [1.54, 1.807) is 0 Å². The highest BCUT2D eigenvalue weighted by molar-refractivity contribution is 5.82. The van der Waals surface area contributed by atoms with E-state index in [-0.39, 0.29) is 31.5 Å². The number of rotatable bonds is 6. The highest BCUT2D eigenvalue weighted by Crippen LogP contribution is 2.21. The summed E-state index contributed by atoms with van der Waals surface area (Å²) in [4.78, 5) is 23.8. The molecule has 2 rings (SSSR count). The summed E-state index contributed by atoms with van der Waals surface area (Å²) >= 11 is 0. The average Bonchev–Trinajstić information content (AvgIpc) is 2.59. The van der Waals surface area contributed by atoms with Crippen LogP contribution in [0.1, 0.15) is 25.7 Å². The van der Waals surface area contributed by atoms with Crippen molar-refractivity contribution >= 4 is 11.8 Å². The monoisotopic (exact) mass is 358 g/mol. The van der Waals surface area contributed by atoms with Crippen molar-refractivity contribution in [2.45, 2.75) is 37.9 Å². The molecule has 0 aromatic heterocycles. The molecular formula is C17H21F3N2O3. The number of piperidine rings is 1. The number of amides is 2. The minimum Gasteiger partial charge on any atom is -0.494 e. The molecule has 1 heterocycles. The van der Waals surface area contributed by atoms with Crippen LogP contribution in [0.2, 0.25) is 0 Å². The number of ether oxygens (including phenoxy) is 1. The summed E-state index contributed by atoms with van der Waals surface area (Å²) in [5.74, 6) is -1.22. The number of alkyl halides is 3. The summed E-state index contributed by atoms with van der Waals surface area (Å²) in [5.41, 5.74) is 0. The molecule has 1 N–H and O–H groups in total. The molecule has 1 saturated heterocycles. The smallest absolute Gasteiger partial charge is 0.471 e. The lowest BCUT2D eigenvalue weighted by atomic mass is 10.0. The van der Waals surface area contributed by atoms with Crippen molar-refractivity contribution in [1.82, 2.24) is 10.2 Å². The van der Waals surface area contributed by atoms with Crippen LogP contribution in [-0.4, -0.2) is 48.6 Å². The zero-order valence-electron chi connectivity index (χ0n) is 13.7. The van der Waals surface area contributed by atoms with Crippen LogP contribution in [0, 0.1) is 0 Å². The predicted molar refractivity (Wildman–Crippen MR) is 85.0 cm³/mol. The Morgan fingerprint density at radius 2 is 1.80 bits per heavy atom. The molecular weight excluding hydrogens is 337 g/mol. The number of hydrogen-bond acceptors (Lipinski definition) is 3. The van der Waals surface area contributed by atoms with Gasteiger partial charge in [0.05, 0.1) is 6.61 Å². The molecule has 1 aliphatic heterocycles. The van der Waals surface area contributed by atoms with Crippen LogP contribution >= 0.6 is 0 Å². The van der Waals surface area contributed by atoms with Gasteiger partial charge in [0.2, 0.25) is 5.91 Å². The van der Waals surface area contributed by atoms with E-state index in [1.807, 2.05) is 30.3 Å². The van der Waals surface area contributed by atoms with Crippen LogP contribution in [0.3, 0.4) is 0 Å². The van der Waals surface area contributed by atoms with E-state index in [1.165, 1.54) is 0 Å². The van der Waals surface area contributed by atoms with Gasteiger partial charge in [0.25, 0.3) is 0 Å². The lowest BCUT2D eigenvalue weighted by Gasteiger charge is -2.32. The largest absolute Gasteiger partial charge is 0.494 e. The van der Waals surface area contributed by atoms with Gasteiger partial charge in [-0.3, -0.25) is 9.59 Å². The normalized spacial score (nSPS) is 15.7. The molecule has 138 valence electrons. The molecule has 0 spiro atoms. The van der Waals surface area contributed by atoms with Crippen molar-refractivity contribution in [1.29, 1.82) is 0 Å². The van der Waals surface area contributed by atoms with Crippen LogP contribution in [0.15, 0.2) is 30.3 Å². The molecule has 0 aliphatic carbocycles. The summed E-state index contributed by atoms with van der Waals surface area (Å²) < 4.78 is 42.6. The van der Waals surface area contributed by atoms with Gasteiger partial charge in [0, 0.05) is 25.6 Å². The Labute approximate surface area is 144 Å². The summed E-state index contributed by atoms with van der Waals surface area (Å²) in [6, 6.07) is 9.07. The van der Waals surface area contributed by atoms with E-state index < -0.39 is 12.1 Å². The highest BCUT2D eigenvalue weighted by Gasteiger charge is 2.43. The number of carbonyl (C=O) groups is 2. The summed E-state index contributed by atoms with van der Waals surface area (Å²) in [6.45, 7) is 0.413. The predicted octanol–water partition coefficient (Wildman–Crippen LogP) is 2.52. The number of para-hydroxylation sites is 1. The number of hydrogen-bond donors (Lipinski definition) is 1. The second-order valence-electron chi connectivity index (χ2n) is 5.90. The van der Waals surface area contributed by atoms with Crippen molar-refractivity contribution in [3.05, 3.63) is 30.3 Å². The lowest BCUT2D eigenvalue weighted by Crippen LogP contribution is -2.50. The molecule has 1 fully saturated rings. The maximum Gasteiger partial charge on any atom is 0.471 e. The Bertz CT molecular complexity index is 570. The standard InChI is InChI=1S/C17H21F3N2O3/c18-17(19,20)16(24)22-10-8-13(9-11-22)21-15(23)7-4-12-25-14-5-2-1-3-6-14/h1-3,5-6,13H,4,7-12H2,(H,21,23). The second kappa shape index (κ2) is 8.73. The molecule has 2 amide bonds. The Morgan fingerprint density at radius 3 is 2.40 bits per heavy atom. The molecule has 5 nitrogen and oxygen atoms in total. The van der Waals surface area contributed by atoms with Crippen LogP contribution in [0.5, 0.6) is 5.75 Å². The molecule has 1 aromatic carbocycles.